The van der Waals surface area contributed by atoms with Gasteiger partial charge in [-0.3, -0.25) is 14.8 Å². The summed E-state index contributed by atoms with van der Waals surface area (Å²) < 4.78 is 5.57. The van der Waals surface area contributed by atoms with Crippen LogP contribution in [0.3, 0.4) is 0 Å². The molecule has 2 aromatic carbocycles. The molecular formula is C25H25N5O2. The molecule has 162 valence electrons. The molecule has 1 atom stereocenters. The van der Waals surface area contributed by atoms with Gasteiger partial charge in [-0.05, 0) is 16.7 Å². The summed E-state index contributed by atoms with van der Waals surface area (Å²) in [4.78, 5) is 20.2. The van der Waals surface area contributed by atoms with Gasteiger partial charge in [-0.15, -0.1) is 0 Å². The molecule has 2 fully saturated rings. The lowest BCUT2D eigenvalue weighted by atomic mass is 9.97. The minimum Gasteiger partial charge on any atom is -0.378 e. The molecule has 3 aromatic rings. The summed E-state index contributed by atoms with van der Waals surface area (Å²) in [7, 11) is 0. The Balaban J connectivity index is 1.27. The smallest absolute Gasteiger partial charge is 0.258 e. The van der Waals surface area contributed by atoms with Crippen LogP contribution in [0.4, 0.5) is 0 Å². The minimum absolute atomic E-state index is 0.0933. The second kappa shape index (κ2) is 7.69. The Morgan fingerprint density at radius 1 is 0.969 bits per heavy atom. The lowest BCUT2D eigenvalue weighted by molar-refractivity contribution is -0.131. The lowest BCUT2D eigenvalue weighted by Gasteiger charge is -2.32. The fourth-order valence-corrected chi connectivity index (χ4v) is 4.67. The molecule has 0 radical (unpaired) electrons. The van der Waals surface area contributed by atoms with E-state index < -0.39 is 5.54 Å². The molecule has 3 aliphatic heterocycles. The van der Waals surface area contributed by atoms with E-state index in [0.29, 0.717) is 32.1 Å². The fraction of sp³-hybridized carbons (Fsp3) is 0.320. The number of hydrogen-bond acceptors (Lipinski definition) is 5. The lowest BCUT2D eigenvalue weighted by Crippen LogP contribution is -2.52. The number of amidine groups is 1. The Morgan fingerprint density at radius 2 is 1.62 bits per heavy atom. The van der Waals surface area contributed by atoms with E-state index in [4.69, 9.17) is 9.73 Å². The van der Waals surface area contributed by atoms with Gasteiger partial charge in [0.25, 0.3) is 5.91 Å². The minimum atomic E-state index is -0.728. The number of carbonyl (C=O) groups excluding carboxylic acids is 1. The zero-order valence-electron chi connectivity index (χ0n) is 17.8. The Hall–Kier alpha value is -3.29. The van der Waals surface area contributed by atoms with Gasteiger partial charge >= 0.3 is 0 Å². The van der Waals surface area contributed by atoms with Crippen LogP contribution < -0.4 is 5.32 Å². The number of benzene rings is 2. The van der Waals surface area contributed by atoms with Crippen molar-refractivity contribution < 1.29 is 9.53 Å². The third-order valence-corrected chi connectivity index (χ3v) is 6.72. The molecule has 2 N–H and O–H groups in total. The van der Waals surface area contributed by atoms with E-state index in [1.807, 2.05) is 17.3 Å². The normalized spacial score (nSPS) is 23.1. The van der Waals surface area contributed by atoms with Crippen LogP contribution >= 0.6 is 0 Å². The first-order valence-corrected chi connectivity index (χ1v) is 11.1. The van der Waals surface area contributed by atoms with Gasteiger partial charge in [0.15, 0.2) is 5.54 Å². The van der Waals surface area contributed by atoms with Crippen molar-refractivity contribution in [2.45, 2.75) is 12.0 Å². The van der Waals surface area contributed by atoms with Crippen molar-refractivity contribution in [2.75, 3.05) is 32.8 Å². The number of aliphatic imine (C=N–C) groups is 1. The molecule has 3 aliphatic rings. The van der Waals surface area contributed by atoms with E-state index in [9.17, 15) is 4.79 Å². The van der Waals surface area contributed by atoms with E-state index >= 15 is 0 Å². The van der Waals surface area contributed by atoms with E-state index in [0.717, 1.165) is 46.7 Å². The summed E-state index contributed by atoms with van der Waals surface area (Å²) in [5, 5.41) is 10.2. The van der Waals surface area contributed by atoms with Crippen molar-refractivity contribution in [2.24, 2.45) is 10.9 Å². The number of carbonyl (C=O) groups is 1. The zero-order valence-corrected chi connectivity index (χ0v) is 17.8. The topological polar surface area (TPSA) is 82.6 Å². The van der Waals surface area contributed by atoms with Gasteiger partial charge < -0.3 is 10.1 Å². The number of nitrogens with zero attached hydrogens (tertiary/aromatic N) is 3. The van der Waals surface area contributed by atoms with Gasteiger partial charge in [0.05, 0.1) is 12.8 Å². The van der Waals surface area contributed by atoms with Crippen LogP contribution in [-0.4, -0.2) is 65.2 Å². The average Bonchev–Trinajstić information content (AvgIpc) is 3.55. The molecule has 2 saturated heterocycles. The Morgan fingerprint density at radius 3 is 2.16 bits per heavy atom. The molecule has 1 unspecified atom stereocenters. The predicted octanol–water partition coefficient (Wildman–Crippen LogP) is 2.71. The molecule has 1 spiro atoms. The number of aromatic nitrogens is 2. The van der Waals surface area contributed by atoms with Crippen LogP contribution in [0.2, 0.25) is 0 Å². The van der Waals surface area contributed by atoms with Gasteiger partial charge in [0, 0.05) is 55.9 Å². The number of aromatic amines is 1. The summed E-state index contributed by atoms with van der Waals surface area (Å²) in [5.41, 5.74) is 4.73. The van der Waals surface area contributed by atoms with Crippen LogP contribution in [-0.2, 0) is 9.53 Å². The molecule has 4 heterocycles. The van der Waals surface area contributed by atoms with E-state index in [1.165, 1.54) is 0 Å². The third-order valence-electron chi connectivity index (χ3n) is 6.72. The van der Waals surface area contributed by atoms with Crippen LogP contribution in [0.1, 0.15) is 12.0 Å². The number of H-pyrrole nitrogens is 1. The number of rotatable bonds is 5. The standard InChI is InChI=1S/C25H25N5O2/c31-24-25(9-10-32-16-25)29-23(30(24)15-17-11-26-12-17)21-7-5-19(6-8-21)18-1-3-20(4-2-18)22-13-27-28-14-22/h1-8,13-14,17,26H,9-12,15-16H2,(H,27,28). The van der Waals surface area contributed by atoms with E-state index in [2.05, 4.69) is 64.0 Å². The predicted molar refractivity (Wildman–Crippen MR) is 122 cm³/mol. The van der Waals surface area contributed by atoms with Crippen molar-refractivity contribution in [3.05, 3.63) is 66.5 Å². The molecule has 32 heavy (non-hydrogen) atoms. The third kappa shape index (κ3) is 3.25. The summed E-state index contributed by atoms with van der Waals surface area (Å²) in [6, 6.07) is 16.8. The summed E-state index contributed by atoms with van der Waals surface area (Å²) in [5.74, 6) is 1.36. The van der Waals surface area contributed by atoms with Crippen LogP contribution in [0, 0.1) is 5.92 Å². The van der Waals surface area contributed by atoms with Gasteiger partial charge in [0.1, 0.15) is 5.84 Å². The van der Waals surface area contributed by atoms with Crippen molar-refractivity contribution in [1.29, 1.82) is 0 Å². The van der Waals surface area contributed by atoms with Crippen LogP contribution in [0.15, 0.2) is 65.9 Å². The van der Waals surface area contributed by atoms with E-state index in [-0.39, 0.29) is 5.91 Å². The highest BCUT2D eigenvalue weighted by molar-refractivity contribution is 6.15. The highest BCUT2D eigenvalue weighted by atomic mass is 16.5. The quantitative estimate of drug-likeness (QED) is 0.656. The van der Waals surface area contributed by atoms with E-state index in [1.54, 1.807) is 0 Å². The second-order valence-corrected chi connectivity index (χ2v) is 8.85. The summed E-state index contributed by atoms with van der Waals surface area (Å²) in [6.07, 6.45) is 4.37. The highest BCUT2D eigenvalue weighted by Crippen LogP contribution is 2.34. The van der Waals surface area contributed by atoms with Crippen molar-refractivity contribution in [3.63, 3.8) is 0 Å². The maximum Gasteiger partial charge on any atom is 0.258 e. The number of amides is 1. The molecule has 7 heteroatoms. The average molecular weight is 428 g/mol. The Kier molecular flexibility index (Phi) is 4.66. The van der Waals surface area contributed by atoms with Gasteiger partial charge in [0.2, 0.25) is 0 Å². The Labute approximate surface area is 186 Å². The molecule has 1 aromatic heterocycles. The van der Waals surface area contributed by atoms with Crippen molar-refractivity contribution >= 4 is 11.7 Å². The monoisotopic (exact) mass is 427 g/mol. The van der Waals surface area contributed by atoms with Gasteiger partial charge in [-0.2, -0.15) is 5.10 Å². The molecular weight excluding hydrogens is 402 g/mol. The van der Waals surface area contributed by atoms with Crippen LogP contribution in [0.5, 0.6) is 0 Å². The first-order chi connectivity index (χ1) is 15.7. The Bertz CT molecular complexity index is 1140. The maximum atomic E-state index is 13.3. The second-order valence-electron chi connectivity index (χ2n) is 8.85. The summed E-state index contributed by atoms with van der Waals surface area (Å²) >= 11 is 0. The largest absolute Gasteiger partial charge is 0.378 e. The van der Waals surface area contributed by atoms with Gasteiger partial charge in [-0.25, -0.2) is 4.99 Å². The molecule has 0 bridgehead atoms. The number of nitrogens with one attached hydrogen (secondary N) is 2. The molecule has 6 rings (SSSR count). The first-order valence-electron chi connectivity index (χ1n) is 11.1. The molecule has 0 aliphatic carbocycles. The maximum absolute atomic E-state index is 13.3. The van der Waals surface area contributed by atoms with Gasteiger partial charge in [-0.1, -0.05) is 48.5 Å². The van der Waals surface area contributed by atoms with Crippen molar-refractivity contribution in [1.82, 2.24) is 20.4 Å². The van der Waals surface area contributed by atoms with Crippen LogP contribution in [0.25, 0.3) is 22.3 Å². The zero-order chi connectivity index (χ0) is 21.5. The highest BCUT2D eigenvalue weighted by Gasteiger charge is 2.51. The molecule has 7 nitrogen and oxygen atoms in total. The molecule has 0 saturated carbocycles. The first kappa shape index (κ1) is 19.4. The number of hydrogen-bond donors (Lipinski definition) is 2. The van der Waals surface area contributed by atoms with Crippen molar-refractivity contribution in [3.8, 4) is 22.3 Å². The summed E-state index contributed by atoms with van der Waals surface area (Å²) in [6.45, 7) is 3.59. The number of ether oxygens (including phenoxy) is 1. The SMILES string of the molecule is O=C1N(CC2CNC2)C(c2ccc(-c3ccc(-c4cn[nH]c4)cc3)cc2)=NC12CCOC2. The fourth-order valence-electron chi connectivity index (χ4n) is 4.67. The molecule has 1 amide bonds.